The molecule has 0 N–H and O–H groups in total. The Morgan fingerprint density at radius 1 is 1.00 bits per heavy atom. The average molecular weight is 477 g/mol. The van der Waals surface area contributed by atoms with Crippen molar-refractivity contribution in [2.75, 3.05) is 18.1 Å². The van der Waals surface area contributed by atoms with Crippen LogP contribution >= 0.6 is 11.8 Å². The first-order chi connectivity index (χ1) is 15.8. The molecule has 0 saturated carbocycles. The van der Waals surface area contributed by atoms with Crippen LogP contribution < -0.4 is 0 Å². The topological polar surface area (TPSA) is 136 Å². The van der Waals surface area contributed by atoms with E-state index in [1.807, 2.05) is 0 Å². The highest BCUT2D eigenvalue weighted by Crippen LogP contribution is 2.37. The summed E-state index contributed by atoms with van der Waals surface area (Å²) in [6.07, 6.45) is 3.37. The lowest BCUT2D eigenvalue weighted by molar-refractivity contribution is -0.165. The maximum atomic E-state index is 11.9. The molecule has 1 fully saturated rings. The van der Waals surface area contributed by atoms with E-state index in [9.17, 15) is 14.4 Å². The second kappa shape index (κ2) is 9.75. The molecular weight excluding hydrogens is 454 g/mol. The Bertz CT molecular complexity index is 1180. The lowest BCUT2D eigenvalue weighted by Crippen LogP contribution is -2.39. The third kappa shape index (κ3) is 4.93. The number of thioether (sulfide) groups is 1. The number of esters is 3. The van der Waals surface area contributed by atoms with Gasteiger partial charge in [0.2, 0.25) is 0 Å². The third-order valence-electron chi connectivity index (χ3n) is 4.93. The molecule has 3 aromatic heterocycles. The van der Waals surface area contributed by atoms with Gasteiger partial charge < -0.3 is 18.9 Å². The van der Waals surface area contributed by atoms with Crippen LogP contribution in [-0.4, -0.2) is 78.3 Å². The highest BCUT2D eigenvalue weighted by molar-refractivity contribution is 7.99. The minimum atomic E-state index is -0.916. The SMILES string of the molecule is CC(=O)OCCSC[C@H]1O[C@@H](n2cnc3c2ncn2ccnc32)[C@H](OC(C)=O)[C@@H]1OC(C)=O. The fourth-order valence-electron chi connectivity index (χ4n) is 3.69. The second-order valence-electron chi connectivity index (χ2n) is 7.35. The number of hydrogen-bond donors (Lipinski definition) is 0. The number of imidazole rings is 2. The number of ether oxygens (including phenoxy) is 4. The number of carbonyl (C=O) groups excluding carboxylic acids is 3. The normalized spacial score (nSPS) is 22.5. The van der Waals surface area contributed by atoms with E-state index in [1.165, 1.54) is 38.9 Å². The quantitative estimate of drug-likeness (QED) is 0.262. The molecule has 1 saturated heterocycles. The Morgan fingerprint density at radius 3 is 2.48 bits per heavy atom. The van der Waals surface area contributed by atoms with Gasteiger partial charge in [-0.2, -0.15) is 11.8 Å². The number of carbonyl (C=O) groups is 3. The van der Waals surface area contributed by atoms with Gasteiger partial charge in [0.25, 0.3) is 0 Å². The summed E-state index contributed by atoms with van der Waals surface area (Å²) in [5, 5.41) is 0. The molecule has 4 heterocycles. The second-order valence-corrected chi connectivity index (χ2v) is 8.50. The van der Waals surface area contributed by atoms with Crippen LogP contribution in [0.15, 0.2) is 25.0 Å². The van der Waals surface area contributed by atoms with E-state index in [2.05, 4.69) is 15.0 Å². The largest absolute Gasteiger partial charge is 0.465 e. The molecule has 176 valence electrons. The summed E-state index contributed by atoms with van der Waals surface area (Å²) in [7, 11) is 0. The molecule has 1 aliphatic rings. The van der Waals surface area contributed by atoms with E-state index in [4.69, 9.17) is 18.9 Å². The van der Waals surface area contributed by atoms with Crippen molar-refractivity contribution in [3.05, 3.63) is 25.0 Å². The first kappa shape index (κ1) is 23.0. The van der Waals surface area contributed by atoms with Crippen LogP contribution in [0.2, 0.25) is 0 Å². The highest BCUT2D eigenvalue weighted by Gasteiger charge is 2.50. The van der Waals surface area contributed by atoms with E-state index in [0.29, 0.717) is 28.3 Å². The van der Waals surface area contributed by atoms with E-state index >= 15 is 0 Å². The first-order valence-corrected chi connectivity index (χ1v) is 11.4. The Hall–Kier alpha value is -3.19. The molecule has 4 atom stereocenters. The lowest BCUT2D eigenvalue weighted by atomic mass is 10.1. The summed E-state index contributed by atoms with van der Waals surface area (Å²) < 4.78 is 25.6. The molecule has 0 aliphatic carbocycles. The van der Waals surface area contributed by atoms with Crippen LogP contribution in [0.4, 0.5) is 0 Å². The van der Waals surface area contributed by atoms with Crippen molar-refractivity contribution in [1.82, 2.24) is 23.9 Å². The predicted octanol–water partition coefficient (Wildman–Crippen LogP) is 1.14. The zero-order valence-electron chi connectivity index (χ0n) is 18.2. The number of nitrogens with zero attached hydrogens (tertiary/aromatic N) is 5. The van der Waals surface area contributed by atoms with Crippen LogP contribution in [0, 0.1) is 0 Å². The van der Waals surface area contributed by atoms with Crippen LogP contribution in [0.3, 0.4) is 0 Å². The Balaban J connectivity index is 1.62. The van der Waals surface area contributed by atoms with E-state index in [0.717, 1.165) is 0 Å². The van der Waals surface area contributed by atoms with Crippen molar-refractivity contribution in [1.29, 1.82) is 0 Å². The fraction of sp³-hybridized carbons (Fsp3) is 0.500. The van der Waals surface area contributed by atoms with Gasteiger partial charge in [-0.3, -0.25) is 23.4 Å². The molecule has 0 unspecified atom stereocenters. The van der Waals surface area contributed by atoms with Gasteiger partial charge in [0.05, 0.1) is 6.33 Å². The zero-order chi connectivity index (χ0) is 23.5. The monoisotopic (exact) mass is 477 g/mol. The average Bonchev–Trinajstić information content (AvgIpc) is 3.45. The summed E-state index contributed by atoms with van der Waals surface area (Å²) in [6, 6.07) is 0. The van der Waals surface area contributed by atoms with Crippen LogP contribution in [0.5, 0.6) is 0 Å². The number of aromatic nitrogens is 5. The van der Waals surface area contributed by atoms with Gasteiger partial charge in [-0.25, -0.2) is 15.0 Å². The van der Waals surface area contributed by atoms with Gasteiger partial charge in [0.1, 0.15) is 19.0 Å². The van der Waals surface area contributed by atoms with Crippen LogP contribution in [-0.2, 0) is 33.3 Å². The summed E-state index contributed by atoms with van der Waals surface area (Å²) in [5.74, 6) is -0.474. The molecule has 0 bridgehead atoms. The summed E-state index contributed by atoms with van der Waals surface area (Å²) in [6.45, 7) is 4.16. The Labute approximate surface area is 192 Å². The molecule has 12 nitrogen and oxygen atoms in total. The highest BCUT2D eigenvalue weighted by atomic mass is 32.2. The molecular formula is C20H23N5O7S. The van der Waals surface area contributed by atoms with Gasteiger partial charge in [-0.15, -0.1) is 0 Å². The zero-order valence-corrected chi connectivity index (χ0v) is 19.1. The minimum absolute atomic E-state index is 0.248. The van der Waals surface area contributed by atoms with Crippen molar-refractivity contribution in [3.63, 3.8) is 0 Å². The summed E-state index contributed by atoms with van der Waals surface area (Å²) in [5.41, 5.74) is 1.66. The van der Waals surface area contributed by atoms with E-state index < -0.39 is 36.5 Å². The molecule has 1 aliphatic heterocycles. The first-order valence-electron chi connectivity index (χ1n) is 10.2. The number of rotatable bonds is 8. The van der Waals surface area contributed by atoms with Gasteiger partial charge in [0, 0.05) is 44.7 Å². The number of hydrogen-bond acceptors (Lipinski definition) is 11. The summed E-state index contributed by atoms with van der Waals surface area (Å²) in [4.78, 5) is 47.9. The van der Waals surface area contributed by atoms with E-state index in [1.54, 1.807) is 27.7 Å². The molecule has 0 amide bonds. The van der Waals surface area contributed by atoms with Gasteiger partial charge in [-0.1, -0.05) is 0 Å². The Morgan fingerprint density at radius 2 is 1.76 bits per heavy atom. The van der Waals surface area contributed by atoms with Crippen LogP contribution in [0.25, 0.3) is 16.8 Å². The van der Waals surface area contributed by atoms with Crippen molar-refractivity contribution < 1.29 is 33.3 Å². The maximum Gasteiger partial charge on any atom is 0.303 e. The van der Waals surface area contributed by atoms with Crippen molar-refractivity contribution >= 4 is 46.5 Å². The molecule has 13 heteroatoms. The molecule has 3 aromatic rings. The minimum Gasteiger partial charge on any atom is -0.465 e. The Kier molecular flexibility index (Phi) is 6.79. The lowest BCUT2D eigenvalue weighted by Gasteiger charge is -2.23. The van der Waals surface area contributed by atoms with E-state index in [-0.39, 0.29) is 12.6 Å². The van der Waals surface area contributed by atoms with Crippen molar-refractivity contribution in [2.24, 2.45) is 0 Å². The predicted molar refractivity (Wildman–Crippen MR) is 115 cm³/mol. The van der Waals surface area contributed by atoms with Crippen LogP contribution in [0.1, 0.15) is 27.0 Å². The molecule has 0 spiro atoms. The molecule has 0 radical (unpaired) electrons. The third-order valence-corrected chi connectivity index (χ3v) is 5.95. The maximum absolute atomic E-state index is 11.9. The fourth-order valence-corrected chi connectivity index (χ4v) is 4.56. The van der Waals surface area contributed by atoms with Crippen molar-refractivity contribution in [3.8, 4) is 0 Å². The summed E-state index contributed by atoms with van der Waals surface area (Å²) >= 11 is 1.46. The molecule has 0 aromatic carbocycles. The standard InChI is InChI=1S/C20H23N5O7S/c1-11(26)29-6-7-33-8-14-16(30-12(2)27)17(31-13(3)28)20(32-14)25-10-22-15-18-21-4-5-24(18)9-23-19(15)25/h4-5,9-10,14,16-17,20H,6-8H2,1-3H3/t14-,16-,17-,20-/m1/s1. The smallest absolute Gasteiger partial charge is 0.303 e. The molecule has 4 rings (SSSR count). The van der Waals surface area contributed by atoms with Gasteiger partial charge >= 0.3 is 17.9 Å². The van der Waals surface area contributed by atoms with Crippen molar-refractivity contribution in [2.45, 2.75) is 45.3 Å². The van der Waals surface area contributed by atoms with Gasteiger partial charge in [0.15, 0.2) is 35.2 Å². The van der Waals surface area contributed by atoms with Gasteiger partial charge in [-0.05, 0) is 0 Å². The number of fused-ring (bicyclic) bond motifs is 3. The molecule has 33 heavy (non-hydrogen) atoms.